The number of non-ortho nitro benzene ring substituents is 1. The topological polar surface area (TPSA) is 168 Å². The monoisotopic (exact) mass is 397 g/mol. The third-order valence-corrected chi connectivity index (χ3v) is 5.02. The minimum absolute atomic E-state index is 0.0705. The molecule has 0 radical (unpaired) electrons. The number of aliphatic hydroxyl groups excluding tert-OH is 3. The Kier molecular flexibility index (Phi) is 5.43. The molecular formula is C15H15N3O8S. The first-order chi connectivity index (χ1) is 12.8. The summed E-state index contributed by atoms with van der Waals surface area (Å²) in [5, 5.41) is 39.7. The first-order valence-electron chi connectivity index (χ1n) is 7.72. The first kappa shape index (κ1) is 19.3. The molecule has 4 N–H and O–H groups in total. The third-order valence-electron chi connectivity index (χ3n) is 4.00. The quantitative estimate of drug-likeness (QED) is 0.373. The van der Waals surface area contributed by atoms with Gasteiger partial charge in [0.1, 0.15) is 18.3 Å². The molecule has 0 amide bonds. The number of aliphatic hydroxyl groups is 3. The van der Waals surface area contributed by atoms with Crippen LogP contribution in [-0.4, -0.2) is 54.7 Å². The fourth-order valence-electron chi connectivity index (χ4n) is 2.60. The number of rotatable bonds is 5. The van der Waals surface area contributed by atoms with E-state index in [0.29, 0.717) is 4.90 Å². The van der Waals surface area contributed by atoms with Crippen molar-refractivity contribution >= 4 is 17.4 Å². The van der Waals surface area contributed by atoms with E-state index in [4.69, 9.17) is 9.84 Å². The van der Waals surface area contributed by atoms with Gasteiger partial charge >= 0.3 is 5.69 Å². The van der Waals surface area contributed by atoms with Gasteiger partial charge in [0.15, 0.2) is 6.23 Å². The van der Waals surface area contributed by atoms with Gasteiger partial charge in [0.25, 0.3) is 11.2 Å². The predicted molar refractivity (Wildman–Crippen MR) is 91.6 cm³/mol. The normalized spacial score (nSPS) is 24.9. The summed E-state index contributed by atoms with van der Waals surface area (Å²) in [4.78, 5) is 37.0. The maximum Gasteiger partial charge on any atom is 0.330 e. The van der Waals surface area contributed by atoms with Crippen molar-refractivity contribution in [2.75, 3.05) is 6.61 Å². The lowest BCUT2D eigenvalue weighted by molar-refractivity contribution is -0.384. The Morgan fingerprint density at radius 2 is 1.89 bits per heavy atom. The van der Waals surface area contributed by atoms with E-state index >= 15 is 0 Å². The van der Waals surface area contributed by atoms with Crippen molar-refractivity contribution in [1.29, 1.82) is 0 Å². The summed E-state index contributed by atoms with van der Waals surface area (Å²) >= 11 is 0.950. The second kappa shape index (κ2) is 7.62. The van der Waals surface area contributed by atoms with Crippen molar-refractivity contribution in [3.05, 3.63) is 61.4 Å². The van der Waals surface area contributed by atoms with E-state index in [1.165, 1.54) is 24.3 Å². The molecule has 1 aliphatic heterocycles. The van der Waals surface area contributed by atoms with Crippen LogP contribution in [0.2, 0.25) is 0 Å². The Hall–Kier alpha value is -2.51. The molecule has 0 bridgehead atoms. The maximum atomic E-state index is 12.1. The van der Waals surface area contributed by atoms with Gasteiger partial charge in [-0.15, -0.1) is 0 Å². The fourth-order valence-corrected chi connectivity index (χ4v) is 3.44. The van der Waals surface area contributed by atoms with E-state index in [9.17, 15) is 29.9 Å². The van der Waals surface area contributed by atoms with Crippen molar-refractivity contribution in [2.24, 2.45) is 0 Å². The lowest BCUT2D eigenvalue weighted by Crippen LogP contribution is -2.38. The van der Waals surface area contributed by atoms with E-state index in [1.807, 2.05) is 0 Å². The molecular weight excluding hydrogens is 382 g/mol. The van der Waals surface area contributed by atoms with E-state index in [0.717, 1.165) is 22.5 Å². The molecule has 1 fully saturated rings. The number of hydrogen-bond acceptors (Lipinski definition) is 9. The molecule has 0 aliphatic carbocycles. The molecule has 0 unspecified atom stereocenters. The van der Waals surface area contributed by atoms with E-state index in [-0.39, 0.29) is 10.6 Å². The van der Waals surface area contributed by atoms with Crippen LogP contribution in [0.4, 0.5) is 5.69 Å². The molecule has 12 heteroatoms. The number of aromatic nitrogens is 2. The molecule has 1 aliphatic rings. The van der Waals surface area contributed by atoms with Gasteiger partial charge in [-0.25, -0.2) is 4.79 Å². The highest BCUT2D eigenvalue weighted by Gasteiger charge is 2.43. The molecule has 2 heterocycles. The molecule has 1 aromatic carbocycles. The van der Waals surface area contributed by atoms with Crippen LogP contribution in [-0.2, 0) is 4.74 Å². The number of nitro benzene ring substituents is 1. The van der Waals surface area contributed by atoms with Gasteiger partial charge in [0, 0.05) is 23.2 Å². The molecule has 0 saturated carbocycles. The number of nitro groups is 1. The minimum Gasteiger partial charge on any atom is -0.394 e. The van der Waals surface area contributed by atoms with Crippen LogP contribution in [0.5, 0.6) is 0 Å². The van der Waals surface area contributed by atoms with Crippen LogP contribution in [0.1, 0.15) is 6.23 Å². The standard InChI is InChI=1S/C15H15N3O8S/c19-6-9-11(20)12(21)14(26-9)17-5-10(13(22)16-15(17)23)27-8-3-1-7(2-4-8)18(24)25/h1-5,9,11-12,14,19-21H,6H2,(H,16,22,23)/t9-,11-,12+,14-/m1/s1. The summed E-state index contributed by atoms with van der Waals surface area (Å²) in [6.07, 6.45) is -4.09. The summed E-state index contributed by atoms with van der Waals surface area (Å²) in [6.45, 7) is -0.558. The molecule has 1 aromatic heterocycles. The van der Waals surface area contributed by atoms with Crippen molar-refractivity contribution in [3.63, 3.8) is 0 Å². The third kappa shape index (κ3) is 3.79. The van der Waals surface area contributed by atoms with Gasteiger partial charge in [0.2, 0.25) is 0 Å². The van der Waals surface area contributed by atoms with Crippen LogP contribution in [0.15, 0.2) is 49.8 Å². The van der Waals surface area contributed by atoms with Gasteiger partial charge in [-0.3, -0.25) is 24.5 Å². The number of benzene rings is 1. The zero-order valence-corrected chi connectivity index (χ0v) is 14.4. The SMILES string of the molecule is O=c1[nH]c(=O)n([C@@H]2O[C@H](CO)[C@@H](O)[C@@H]2O)cc1Sc1ccc([N+](=O)[O-])cc1. The minimum atomic E-state index is -1.48. The average molecular weight is 397 g/mol. The maximum absolute atomic E-state index is 12.1. The fraction of sp³-hybridized carbons (Fsp3) is 0.333. The molecule has 4 atom stereocenters. The Labute approximate surface area is 155 Å². The summed E-state index contributed by atoms with van der Waals surface area (Å²) in [6, 6.07) is 5.45. The smallest absolute Gasteiger partial charge is 0.330 e. The van der Waals surface area contributed by atoms with Gasteiger partial charge in [0.05, 0.1) is 16.4 Å². The molecule has 0 spiro atoms. The molecule has 144 valence electrons. The van der Waals surface area contributed by atoms with E-state index in [1.54, 1.807) is 0 Å². The van der Waals surface area contributed by atoms with Gasteiger partial charge < -0.3 is 20.1 Å². The van der Waals surface area contributed by atoms with Crippen LogP contribution < -0.4 is 11.2 Å². The zero-order valence-electron chi connectivity index (χ0n) is 13.6. The zero-order chi connectivity index (χ0) is 19.7. The molecule has 3 rings (SSSR count). The second-order valence-electron chi connectivity index (χ2n) is 5.74. The van der Waals surface area contributed by atoms with Crippen LogP contribution in [0.25, 0.3) is 0 Å². The highest BCUT2D eigenvalue weighted by atomic mass is 32.2. The van der Waals surface area contributed by atoms with Crippen LogP contribution in [0, 0.1) is 10.1 Å². The number of hydrogen-bond donors (Lipinski definition) is 4. The first-order valence-corrected chi connectivity index (χ1v) is 8.53. The van der Waals surface area contributed by atoms with Crippen molar-refractivity contribution in [1.82, 2.24) is 9.55 Å². The Morgan fingerprint density at radius 3 is 2.44 bits per heavy atom. The second-order valence-corrected chi connectivity index (χ2v) is 6.86. The Morgan fingerprint density at radius 1 is 1.22 bits per heavy atom. The summed E-state index contributed by atoms with van der Waals surface area (Å²) < 4.78 is 6.21. The number of aromatic amines is 1. The predicted octanol–water partition coefficient (Wildman–Crippen LogP) is -0.792. The van der Waals surface area contributed by atoms with Crippen molar-refractivity contribution in [2.45, 2.75) is 34.3 Å². The van der Waals surface area contributed by atoms with E-state index < -0.39 is 47.3 Å². The highest BCUT2D eigenvalue weighted by molar-refractivity contribution is 7.99. The molecule has 11 nitrogen and oxygen atoms in total. The Balaban J connectivity index is 1.92. The van der Waals surface area contributed by atoms with Crippen molar-refractivity contribution < 1.29 is 25.0 Å². The molecule has 1 saturated heterocycles. The van der Waals surface area contributed by atoms with Gasteiger partial charge in [-0.2, -0.15) is 0 Å². The molecule has 27 heavy (non-hydrogen) atoms. The lowest BCUT2D eigenvalue weighted by Gasteiger charge is -2.17. The van der Waals surface area contributed by atoms with Crippen LogP contribution in [0.3, 0.4) is 0 Å². The molecule has 2 aromatic rings. The summed E-state index contributed by atoms with van der Waals surface area (Å²) in [5.74, 6) is 0. The van der Waals surface area contributed by atoms with Crippen molar-refractivity contribution in [3.8, 4) is 0 Å². The Bertz CT molecular complexity index is 957. The van der Waals surface area contributed by atoms with Crippen LogP contribution >= 0.6 is 11.8 Å². The number of nitrogens with one attached hydrogen (secondary N) is 1. The van der Waals surface area contributed by atoms with Gasteiger partial charge in [-0.05, 0) is 12.1 Å². The van der Waals surface area contributed by atoms with Gasteiger partial charge in [-0.1, -0.05) is 11.8 Å². The summed E-state index contributed by atoms with van der Waals surface area (Å²) in [7, 11) is 0. The number of H-pyrrole nitrogens is 1. The average Bonchev–Trinajstić information content (AvgIpc) is 2.92. The number of nitrogens with zero attached hydrogens (tertiary/aromatic N) is 2. The lowest BCUT2D eigenvalue weighted by atomic mass is 10.1. The summed E-state index contributed by atoms with van der Waals surface area (Å²) in [5.41, 5.74) is -1.65. The number of ether oxygens (including phenoxy) is 1. The highest BCUT2D eigenvalue weighted by Crippen LogP contribution is 2.30. The largest absolute Gasteiger partial charge is 0.394 e. The van der Waals surface area contributed by atoms with E-state index in [2.05, 4.69) is 4.98 Å².